The van der Waals surface area contributed by atoms with Gasteiger partial charge in [0, 0.05) is 17.8 Å². The largest absolute Gasteiger partial charge is 0.539 e. The van der Waals surface area contributed by atoms with Gasteiger partial charge < -0.3 is 9.68 Å². The van der Waals surface area contributed by atoms with E-state index in [-0.39, 0.29) is 7.69 Å². The molecule has 1 aromatic carbocycles. The van der Waals surface area contributed by atoms with Crippen LogP contribution in [0.2, 0.25) is 0 Å². The number of aryl methyl sites for hydroxylation is 1. The van der Waals surface area contributed by atoms with Gasteiger partial charge in [0.15, 0.2) is 0 Å². The highest BCUT2D eigenvalue weighted by atomic mass is 16.5. The molecule has 1 N–H and O–H groups in total. The summed E-state index contributed by atoms with van der Waals surface area (Å²) in [4.78, 5) is 4.06. The first kappa shape index (κ1) is 9.03. The summed E-state index contributed by atoms with van der Waals surface area (Å²) in [5.74, 6) is 0.702. The van der Waals surface area contributed by atoms with Crippen molar-refractivity contribution >= 4 is 18.5 Å². The van der Waals surface area contributed by atoms with Crippen LogP contribution >= 0.6 is 0 Å². The second kappa shape index (κ2) is 3.68. The highest BCUT2D eigenvalue weighted by Gasteiger charge is 2.03. The fourth-order valence-corrected chi connectivity index (χ4v) is 1.51. The monoisotopic (exact) mass is 187 g/mol. The van der Waals surface area contributed by atoms with Crippen LogP contribution in [0.3, 0.4) is 0 Å². The lowest BCUT2D eigenvalue weighted by Gasteiger charge is -2.08. The summed E-state index contributed by atoms with van der Waals surface area (Å²) in [6.45, 7) is 1.95. The van der Waals surface area contributed by atoms with Crippen molar-refractivity contribution in [3.05, 3.63) is 36.2 Å². The van der Waals surface area contributed by atoms with Gasteiger partial charge in [0.2, 0.25) is 0 Å². The highest BCUT2D eigenvalue weighted by Crippen LogP contribution is 2.25. The highest BCUT2D eigenvalue weighted by molar-refractivity contribution is 6.17. The molecule has 70 valence electrons. The third-order valence-corrected chi connectivity index (χ3v) is 2.26. The summed E-state index contributed by atoms with van der Waals surface area (Å²) in [6, 6.07) is 5.76. The molecule has 1 heterocycles. The zero-order valence-electron chi connectivity index (χ0n) is 7.90. The van der Waals surface area contributed by atoms with Crippen LogP contribution in [0.1, 0.15) is 5.56 Å². The van der Waals surface area contributed by atoms with Crippen molar-refractivity contribution in [2.45, 2.75) is 6.92 Å². The summed E-state index contributed by atoms with van der Waals surface area (Å²) >= 11 is 0. The van der Waals surface area contributed by atoms with Crippen LogP contribution in [0.4, 0.5) is 0 Å². The number of hydrogen-bond acceptors (Lipinski definition) is 3. The van der Waals surface area contributed by atoms with Crippen molar-refractivity contribution in [3.8, 4) is 5.75 Å². The first-order chi connectivity index (χ1) is 6.83. The Morgan fingerprint density at radius 2 is 2.21 bits per heavy atom. The Morgan fingerprint density at radius 3 is 3.00 bits per heavy atom. The van der Waals surface area contributed by atoms with Gasteiger partial charge in [-0.25, -0.2) is 0 Å². The lowest BCUT2D eigenvalue weighted by Crippen LogP contribution is -2.01. The first-order valence-corrected chi connectivity index (χ1v) is 4.40. The van der Waals surface area contributed by atoms with Gasteiger partial charge in [0.1, 0.15) is 5.75 Å². The van der Waals surface area contributed by atoms with Crippen LogP contribution in [0, 0.1) is 6.92 Å². The van der Waals surface area contributed by atoms with Gasteiger partial charge in [-0.2, -0.15) is 0 Å². The zero-order chi connectivity index (χ0) is 9.97. The maximum atomic E-state index is 8.68. The SMILES string of the molecule is Cc1c(OBO)ccc2ccncc12. The number of pyridine rings is 1. The van der Waals surface area contributed by atoms with Crippen molar-refractivity contribution in [1.82, 2.24) is 4.98 Å². The molecule has 2 rings (SSSR count). The maximum Gasteiger partial charge on any atom is 0.504 e. The molecule has 0 atom stereocenters. The molecule has 0 bridgehead atoms. The number of rotatable bonds is 2. The molecular weight excluding hydrogens is 177 g/mol. The molecule has 0 aliphatic heterocycles. The zero-order valence-corrected chi connectivity index (χ0v) is 7.90. The van der Waals surface area contributed by atoms with E-state index in [1.165, 1.54) is 0 Å². The Morgan fingerprint density at radius 1 is 1.36 bits per heavy atom. The second-order valence-electron chi connectivity index (χ2n) is 3.06. The van der Waals surface area contributed by atoms with Crippen molar-refractivity contribution < 1.29 is 9.68 Å². The summed E-state index contributed by atoms with van der Waals surface area (Å²) < 4.78 is 5.07. The van der Waals surface area contributed by atoms with Crippen LogP contribution in [-0.4, -0.2) is 17.7 Å². The Balaban J connectivity index is 2.63. The third kappa shape index (κ3) is 1.44. The van der Waals surface area contributed by atoms with E-state index >= 15 is 0 Å². The van der Waals surface area contributed by atoms with Crippen LogP contribution in [0.5, 0.6) is 5.75 Å². The minimum absolute atomic E-state index is 0.299. The average Bonchev–Trinajstić information content (AvgIpc) is 2.23. The summed E-state index contributed by atoms with van der Waals surface area (Å²) in [7, 11) is -0.299. The lowest BCUT2D eigenvalue weighted by atomic mass is 10.1. The fraction of sp³-hybridized carbons (Fsp3) is 0.100. The van der Waals surface area contributed by atoms with Gasteiger partial charge in [-0.05, 0) is 30.0 Å². The molecular formula is C10H10BNO2. The molecule has 0 radical (unpaired) electrons. The van der Waals surface area contributed by atoms with Crippen molar-refractivity contribution in [1.29, 1.82) is 0 Å². The molecule has 0 saturated carbocycles. The van der Waals surface area contributed by atoms with Crippen molar-refractivity contribution in [3.63, 3.8) is 0 Å². The van der Waals surface area contributed by atoms with E-state index < -0.39 is 0 Å². The van der Waals surface area contributed by atoms with Gasteiger partial charge in [-0.15, -0.1) is 0 Å². The van der Waals surface area contributed by atoms with E-state index in [0.717, 1.165) is 16.3 Å². The van der Waals surface area contributed by atoms with E-state index in [9.17, 15) is 0 Å². The molecule has 0 unspecified atom stereocenters. The van der Waals surface area contributed by atoms with E-state index in [0.29, 0.717) is 5.75 Å². The lowest BCUT2D eigenvalue weighted by molar-refractivity contribution is 0.452. The predicted octanol–water partition coefficient (Wildman–Crippen LogP) is 1.18. The molecule has 14 heavy (non-hydrogen) atoms. The van der Waals surface area contributed by atoms with E-state index in [1.54, 1.807) is 12.4 Å². The molecule has 2 aromatic rings. The number of fused-ring (bicyclic) bond motifs is 1. The number of hydrogen-bond donors (Lipinski definition) is 1. The van der Waals surface area contributed by atoms with Gasteiger partial charge in [0.25, 0.3) is 0 Å². The fourth-order valence-electron chi connectivity index (χ4n) is 1.51. The Hall–Kier alpha value is -1.55. The standard InChI is InChI=1S/C10H10BNO2/c1-7-9-6-12-5-4-8(9)2-3-10(7)14-11-13/h2-6,11,13H,1H3. The molecule has 0 saturated heterocycles. The molecule has 1 aromatic heterocycles. The van der Waals surface area contributed by atoms with E-state index in [4.69, 9.17) is 9.68 Å². The first-order valence-electron chi connectivity index (χ1n) is 4.40. The number of benzene rings is 1. The summed E-state index contributed by atoms with van der Waals surface area (Å²) in [5.41, 5.74) is 1.00. The van der Waals surface area contributed by atoms with E-state index in [1.807, 2.05) is 25.1 Å². The number of aromatic nitrogens is 1. The Kier molecular flexibility index (Phi) is 2.37. The maximum absolute atomic E-state index is 8.68. The summed E-state index contributed by atoms with van der Waals surface area (Å²) in [5, 5.41) is 10.9. The van der Waals surface area contributed by atoms with Crippen LogP contribution in [0.15, 0.2) is 30.6 Å². The molecule has 0 fully saturated rings. The Labute approximate surface area is 82.7 Å². The molecule has 3 nitrogen and oxygen atoms in total. The molecule has 0 spiro atoms. The van der Waals surface area contributed by atoms with Crippen LogP contribution < -0.4 is 4.65 Å². The average molecular weight is 187 g/mol. The summed E-state index contributed by atoms with van der Waals surface area (Å²) in [6.07, 6.45) is 3.56. The minimum Gasteiger partial charge on any atom is -0.539 e. The van der Waals surface area contributed by atoms with Crippen LogP contribution in [-0.2, 0) is 0 Å². The molecule has 4 heteroatoms. The number of nitrogens with zero attached hydrogens (tertiary/aromatic N) is 1. The smallest absolute Gasteiger partial charge is 0.504 e. The van der Waals surface area contributed by atoms with Gasteiger partial charge >= 0.3 is 7.69 Å². The quantitative estimate of drug-likeness (QED) is 0.717. The topological polar surface area (TPSA) is 42.4 Å². The van der Waals surface area contributed by atoms with Gasteiger partial charge in [-0.1, -0.05) is 6.07 Å². The molecule has 0 aliphatic rings. The predicted molar refractivity (Wildman–Crippen MR) is 56.5 cm³/mol. The van der Waals surface area contributed by atoms with Gasteiger partial charge in [-0.3, -0.25) is 4.98 Å². The third-order valence-electron chi connectivity index (χ3n) is 2.26. The molecule has 0 aliphatic carbocycles. The normalized spacial score (nSPS) is 10.1. The molecule has 0 amide bonds. The van der Waals surface area contributed by atoms with Crippen LogP contribution in [0.25, 0.3) is 10.8 Å². The van der Waals surface area contributed by atoms with Gasteiger partial charge in [0.05, 0.1) is 0 Å². The minimum atomic E-state index is -0.299. The second-order valence-corrected chi connectivity index (χ2v) is 3.06. The van der Waals surface area contributed by atoms with Crippen molar-refractivity contribution in [2.24, 2.45) is 0 Å². The van der Waals surface area contributed by atoms with E-state index in [2.05, 4.69) is 4.98 Å². The Bertz CT molecular complexity index is 459. The van der Waals surface area contributed by atoms with Crippen molar-refractivity contribution in [2.75, 3.05) is 0 Å².